The van der Waals surface area contributed by atoms with Gasteiger partial charge in [0.25, 0.3) is 0 Å². The van der Waals surface area contributed by atoms with E-state index in [0.717, 1.165) is 17.0 Å². The Hall–Kier alpha value is -2.12. The maximum absolute atomic E-state index is 13.5. The lowest BCUT2D eigenvalue weighted by Crippen LogP contribution is -2.28. The highest BCUT2D eigenvalue weighted by atomic mass is 19.4. The van der Waals surface area contributed by atoms with Gasteiger partial charge in [-0.25, -0.2) is 9.50 Å². The van der Waals surface area contributed by atoms with E-state index in [2.05, 4.69) is 10.1 Å². The topological polar surface area (TPSA) is 50.5 Å². The van der Waals surface area contributed by atoms with Crippen molar-refractivity contribution in [2.24, 2.45) is 0 Å². The number of fused-ring (bicyclic) bond motifs is 1. The van der Waals surface area contributed by atoms with Crippen LogP contribution in [0.3, 0.4) is 0 Å². The van der Waals surface area contributed by atoms with Gasteiger partial charge in [-0.1, -0.05) is 20.8 Å². The van der Waals surface area contributed by atoms with E-state index in [9.17, 15) is 18.0 Å². The molecule has 0 radical (unpaired) electrons. The van der Waals surface area contributed by atoms with Crippen molar-refractivity contribution in [2.45, 2.75) is 58.0 Å². The normalized spacial score (nSPS) is 18.3. The number of hydrogen-bond donors (Lipinski definition) is 0. The average molecular weight is 368 g/mol. The van der Waals surface area contributed by atoms with Crippen molar-refractivity contribution in [3.8, 4) is 0 Å². The molecular formula is C18H23F3N4O. The predicted octanol–water partition coefficient (Wildman–Crippen LogP) is 3.99. The molecule has 1 aliphatic heterocycles. The highest BCUT2D eigenvalue weighted by Crippen LogP contribution is 2.33. The maximum atomic E-state index is 13.5. The molecule has 8 heteroatoms. The molecule has 0 bridgehead atoms. The van der Waals surface area contributed by atoms with E-state index >= 15 is 0 Å². The van der Waals surface area contributed by atoms with Crippen LogP contribution in [0.25, 0.3) is 5.65 Å². The number of amides is 1. The zero-order valence-corrected chi connectivity index (χ0v) is 15.2. The molecule has 1 amide bonds. The molecule has 142 valence electrons. The van der Waals surface area contributed by atoms with Crippen molar-refractivity contribution in [3.05, 3.63) is 29.2 Å². The molecule has 0 unspecified atom stereocenters. The van der Waals surface area contributed by atoms with Gasteiger partial charge in [-0.2, -0.15) is 18.3 Å². The Balaban J connectivity index is 1.95. The van der Waals surface area contributed by atoms with Gasteiger partial charge in [0.2, 0.25) is 5.91 Å². The number of rotatable bonds is 4. The zero-order valence-electron chi connectivity index (χ0n) is 15.2. The number of likely N-dealkylation sites (tertiary alicyclic amines) is 1. The third-order valence-corrected chi connectivity index (χ3v) is 4.77. The minimum atomic E-state index is -4.51. The second kappa shape index (κ2) is 6.89. The van der Waals surface area contributed by atoms with Gasteiger partial charge in [0, 0.05) is 37.2 Å². The number of nitrogens with zero attached hydrogens (tertiary/aromatic N) is 4. The van der Waals surface area contributed by atoms with Gasteiger partial charge in [0.1, 0.15) is 5.69 Å². The molecule has 2 aromatic heterocycles. The second-order valence-corrected chi connectivity index (χ2v) is 7.13. The van der Waals surface area contributed by atoms with Gasteiger partial charge in [-0.15, -0.1) is 0 Å². The van der Waals surface area contributed by atoms with Crippen LogP contribution in [0.2, 0.25) is 0 Å². The van der Waals surface area contributed by atoms with Crippen LogP contribution in [0.15, 0.2) is 12.1 Å². The lowest BCUT2D eigenvalue weighted by Gasteiger charge is -2.15. The minimum absolute atomic E-state index is 0.0545. The average Bonchev–Trinajstić information content (AvgIpc) is 3.19. The summed E-state index contributed by atoms with van der Waals surface area (Å²) >= 11 is 0. The molecule has 1 atom stereocenters. The van der Waals surface area contributed by atoms with Crippen molar-refractivity contribution < 1.29 is 18.0 Å². The summed E-state index contributed by atoms with van der Waals surface area (Å²) in [7, 11) is 0. The Labute approximate surface area is 150 Å². The number of hydrogen-bond acceptors (Lipinski definition) is 3. The molecule has 0 spiro atoms. The summed E-state index contributed by atoms with van der Waals surface area (Å²) < 4.78 is 41.3. The number of aromatic nitrogens is 3. The van der Waals surface area contributed by atoms with Crippen LogP contribution in [-0.2, 0) is 11.0 Å². The summed E-state index contributed by atoms with van der Waals surface area (Å²) in [5, 5.41) is 4.20. The monoisotopic (exact) mass is 368 g/mol. The van der Waals surface area contributed by atoms with Gasteiger partial charge < -0.3 is 4.90 Å². The van der Waals surface area contributed by atoms with E-state index in [-0.39, 0.29) is 23.4 Å². The van der Waals surface area contributed by atoms with Gasteiger partial charge in [0.05, 0.1) is 5.69 Å². The van der Waals surface area contributed by atoms with E-state index in [1.807, 2.05) is 20.8 Å². The van der Waals surface area contributed by atoms with Crippen LogP contribution in [0.5, 0.6) is 0 Å². The van der Waals surface area contributed by atoms with Crippen molar-refractivity contribution in [1.29, 1.82) is 0 Å². The molecule has 1 aliphatic rings. The van der Waals surface area contributed by atoms with E-state index < -0.39 is 11.9 Å². The molecule has 0 aliphatic carbocycles. The third kappa shape index (κ3) is 3.54. The largest absolute Gasteiger partial charge is 0.433 e. The van der Waals surface area contributed by atoms with Gasteiger partial charge >= 0.3 is 6.18 Å². The second-order valence-electron chi connectivity index (χ2n) is 7.13. The fourth-order valence-corrected chi connectivity index (χ4v) is 3.31. The summed E-state index contributed by atoms with van der Waals surface area (Å²) in [4.78, 5) is 18.2. The summed E-state index contributed by atoms with van der Waals surface area (Å²) in [6.45, 7) is 6.69. The Morgan fingerprint density at radius 1 is 1.35 bits per heavy atom. The fraction of sp³-hybridized carbons (Fsp3) is 0.611. The van der Waals surface area contributed by atoms with Crippen LogP contribution < -0.4 is 0 Å². The van der Waals surface area contributed by atoms with E-state index in [0.29, 0.717) is 37.3 Å². The standard InChI is InChI=1S/C18H23F3N4O/c1-4-5-17(26)24-7-6-12(10-24)14-9-16-22-13(11(2)3)8-15(18(19,20)21)25(16)23-14/h8-9,11-12H,4-7,10H2,1-3H3/t12-/m1/s1. The molecule has 1 fully saturated rings. The summed E-state index contributed by atoms with van der Waals surface area (Å²) in [5.41, 5.74) is 0.351. The van der Waals surface area contributed by atoms with E-state index in [1.165, 1.54) is 0 Å². The smallest absolute Gasteiger partial charge is 0.342 e. The van der Waals surface area contributed by atoms with E-state index in [1.54, 1.807) is 11.0 Å². The Bertz CT molecular complexity index is 813. The number of carbonyl (C=O) groups excluding carboxylic acids is 1. The fourth-order valence-electron chi connectivity index (χ4n) is 3.31. The number of carbonyl (C=O) groups is 1. The summed E-state index contributed by atoms with van der Waals surface area (Å²) in [6.07, 6.45) is -2.52. The molecule has 0 saturated carbocycles. The molecule has 0 N–H and O–H groups in total. The Kier molecular flexibility index (Phi) is 4.94. The first-order valence-electron chi connectivity index (χ1n) is 8.96. The first kappa shape index (κ1) is 18.7. The van der Waals surface area contributed by atoms with Crippen LogP contribution in [0.4, 0.5) is 13.2 Å². The lowest BCUT2D eigenvalue weighted by atomic mass is 10.1. The van der Waals surface area contributed by atoms with Crippen molar-refractivity contribution in [3.63, 3.8) is 0 Å². The van der Waals surface area contributed by atoms with Crippen LogP contribution in [-0.4, -0.2) is 38.5 Å². The van der Waals surface area contributed by atoms with Crippen LogP contribution >= 0.6 is 0 Å². The summed E-state index contributed by atoms with van der Waals surface area (Å²) in [6, 6.07) is 2.69. The number of halogens is 3. The molecule has 26 heavy (non-hydrogen) atoms. The molecule has 1 saturated heterocycles. The van der Waals surface area contributed by atoms with Gasteiger partial charge in [-0.05, 0) is 24.8 Å². The van der Waals surface area contributed by atoms with Crippen LogP contribution in [0.1, 0.15) is 69.0 Å². The minimum Gasteiger partial charge on any atom is -0.342 e. The van der Waals surface area contributed by atoms with Crippen molar-refractivity contribution >= 4 is 11.6 Å². The van der Waals surface area contributed by atoms with Gasteiger partial charge in [-0.3, -0.25) is 4.79 Å². The van der Waals surface area contributed by atoms with Crippen molar-refractivity contribution in [2.75, 3.05) is 13.1 Å². The van der Waals surface area contributed by atoms with Crippen molar-refractivity contribution in [1.82, 2.24) is 19.5 Å². The SMILES string of the molecule is CCCC(=O)N1CC[C@@H](c2cc3nc(C(C)C)cc(C(F)(F)F)n3n2)C1. The quantitative estimate of drug-likeness (QED) is 0.820. The predicted molar refractivity (Wildman–Crippen MR) is 90.9 cm³/mol. The molecule has 3 heterocycles. The first-order valence-corrected chi connectivity index (χ1v) is 8.96. The van der Waals surface area contributed by atoms with E-state index in [4.69, 9.17) is 0 Å². The Morgan fingerprint density at radius 3 is 2.69 bits per heavy atom. The molecule has 5 nitrogen and oxygen atoms in total. The maximum Gasteiger partial charge on any atom is 0.433 e. The Morgan fingerprint density at radius 2 is 2.08 bits per heavy atom. The number of alkyl halides is 3. The molecule has 3 rings (SSSR count). The molecular weight excluding hydrogens is 345 g/mol. The van der Waals surface area contributed by atoms with Crippen LogP contribution in [0, 0.1) is 0 Å². The van der Waals surface area contributed by atoms with Gasteiger partial charge in [0.15, 0.2) is 5.65 Å². The molecule has 0 aromatic carbocycles. The lowest BCUT2D eigenvalue weighted by molar-refractivity contribution is -0.142. The highest BCUT2D eigenvalue weighted by molar-refractivity contribution is 5.76. The highest BCUT2D eigenvalue weighted by Gasteiger charge is 2.36. The first-order chi connectivity index (χ1) is 12.2. The molecule has 2 aromatic rings. The summed E-state index contributed by atoms with van der Waals surface area (Å²) in [5.74, 6) is -0.0795. The third-order valence-electron chi connectivity index (χ3n) is 4.77. The zero-order chi connectivity index (χ0) is 19.1.